The van der Waals surface area contributed by atoms with Gasteiger partial charge in [-0.2, -0.15) is 0 Å². The first-order valence-corrected chi connectivity index (χ1v) is 8.86. The summed E-state index contributed by atoms with van der Waals surface area (Å²) < 4.78 is 5.23. The first-order chi connectivity index (χ1) is 12.2. The fourth-order valence-corrected chi connectivity index (χ4v) is 3.57. The Bertz CT molecular complexity index is 901. The standard InChI is InChI=1S/C21H23N3O/c1-15-11-20(17-7-8-22-21(13-17)25-2)23-19-6-5-16(12-18(15)19)14-24-9-3-4-10-24/h5-8,11-13H,3-4,9-10,14H2,1-2H3. The lowest BCUT2D eigenvalue weighted by Gasteiger charge is -2.15. The highest BCUT2D eigenvalue weighted by Crippen LogP contribution is 2.27. The van der Waals surface area contributed by atoms with Gasteiger partial charge in [0.25, 0.3) is 0 Å². The Balaban J connectivity index is 1.69. The lowest BCUT2D eigenvalue weighted by atomic mass is 10.0. The zero-order valence-corrected chi connectivity index (χ0v) is 14.8. The van der Waals surface area contributed by atoms with Crippen molar-refractivity contribution >= 4 is 10.9 Å². The highest BCUT2D eigenvalue weighted by molar-refractivity contribution is 5.85. The van der Waals surface area contributed by atoms with E-state index in [0.29, 0.717) is 5.88 Å². The number of nitrogens with zero attached hydrogens (tertiary/aromatic N) is 3. The van der Waals surface area contributed by atoms with Gasteiger partial charge in [0.15, 0.2) is 0 Å². The number of ether oxygens (including phenoxy) is 1. The van der Waals surface area contributed by atoms with E-state index >= 15 is 0 Å². The summed E-state index contributed by atoms with van der Waals surface area (Å²) in [5.74, 6) is 0.609. The molecule has 1 fully saturated rings. The van der Waals surface area contributed by atoms with Crippen LogP contribution < -0.4 is 4.74 Å². The summed E-state index contributed by atoms with van der Waals surface area (Å²) in [5.41, 5.74) is 5.64. The van der Waals surface area contributed by atoms with Gasteiger partial charge in [-0.15, -0.1) is 0 Å². The van der Waals surface area contributed by atoms with Crippen molar-refractivity contribution in [1.29, 1.82) is 0 Å². The zero-order valence-electron chi connectivity index (χ0n) is 14.8. The maximum Gasteiger partial charge on any atom is 0.213 e. The van der Waals surface area contributed by atoms with Crippen molar-refractivity contribution in [2.75, 3.05) is 20.2 Å². The van der Waals surface area contributed by atoms with E-state index in [1.54, 1.807) is 13.3 Å². The number of hydrogen-bond acceptors (Lipinski definition) is 4. The molecule has 4 rings (SSSR count). The third kappa shape index (κ3) is 3.35. The lowest BCUT2D eigenvalue weighted by molar-refractivity contribution is 0.331. The minimum Gasteiger partial charge on any atom is -0.481 e. The van der Waals surface area contributed by atoms with Crippen molar-refractivity contribution < 1.29 is 4.74 Å². The van der Waals surface area contributed by atoms with Crippen LogP contribution in [0.5, 0.6) is 5.88 Å². The summed E-state index contributed by atoms with van der Waals surface area (Å²) in [5, 5.41) is 1.24. The van der Waals surface area contributed by atoms with E-state index in [1.165, 1.54) is 42.4 Å². The van der Waals surface area contributed by atoms with Crippen LogP contribution in [-0.2, 0) is 6.54 Å². The second kappa shape index (κ2) is 6.81. The monoisotopic (exact) mass is 333 g/mol. The topological polar surface area (TPSA) is 38.2 Å². The van der Waals surface area contributed by atoms with E-state index in [-0.39, 0.29) is 0 Å². The lowest BCUT2D eigenvalue weighted by Crippen LogP contribution is -2.18. The van der Waals surface area contributed by atoms with Crippen molar-refractivity contribution in [3.05, 3.63) is 53.7 Å². The summed E-state index contributed by atoms with van der Waals surface area (Å²) in [6, 6.07) is 12.7. The normalized spacial score (nSPS) is 15.0. The molecule has 128 valence electrons. The van der Waals surface area contributed by atoms with Crippen molar-refractivity contribution in [3.8, 4) is 17.1 Å². The molecule has 0 saturated carbocycles. The Kier molecular flexibility index (Phi) is 4.36. The minimum atomic E-state index is 0.609. The number of pyridine rings is 2. The molecule has 1 aliphatic heterocycles. The van der Waals surface area contributed by atoms with Crippen molar-refractivity contribution in [2.45, 2.75) is 26.3 Å². The number of aromatic nitrogens is 2. The smallest absolute Gasteiger partial charge is 0.213 e. The quantitative estimate of drug-likeness (QED) is 0.717. The minimum absolute atomic E-state index is 0.609. The predicted molar refractivity (Wildman–Crippen MR) is 101 cm³/mol. The van der Waals surface area contributed by atoms with Crippen molar-refractivity contribution in [1.82, 2.24) is 14.9 Å². The molecule has 0 amide bonds. The molecule has 3 heterocycles. The van der Waals surface area contributed by atoms with E-state index < -0.39 is 0 Å². The molecular weight excluding hydrogens is 310 g/mol. The highest BCUT2D eigenvalue weighted by Gasteiger charge is 2.13. The average Bonchev–Trinajstić information content (AvgIpc) is 3.15. The molecule has 1 saturated heterocycles. The number of rotatable bonds is 4. The van der Waals surface area contributed by atoms with Crippen LogP contribution in [-0.4, -0.2) is 35.1 Å². The molecule has 0 atom stereocenters. The molecule has 0 bridgehead atoms. The van der Waals surface area contributed by atoms with Gasteiger partial charge in [-0.3, -0.25) is 4.90 Å². The van der Waals surface area contributed by atoms with E-state index in [4.69, 9.17) is 9.72 Å². The van der Waals surface area contributed by atoms with E-state index in [0.717, 1.165) is 23.3 Å². The van der Waals surface area contributed by atoms with Gasteiger partial charge in [0.05, 0.1) is 18.3 Å². The number of aryl methyl sites for hydroxylation is 1. The number of benzene rings is 1. The van der Waals surface area contributed by atoms with Crippen LogP contribution in [0.25, 0.3) is 22.2 Å². The highest BCUT2D eigenvalue weighted by atomic mass is 16.5. The Hall–Kier alpha value is -2.46. The van der Waals surface area contributed by atoms with Crippen molar-refractivity contribution in [3.63, 3.8) is 0 Å². The molecule has 2 aromatic heterocycles. The number of hydrogen-bond donors (Lipinski definition) is 0. The van der Waals surface area contributed by atoms with Crippen LogP contribution >= 0.6 is 0 Å². The van der Waals surface area contributed by atoms with Gasteiger partial charge in [-0.25, -0.2) is 9.97 Å². The predicted octanol–water partition coefficient (Wildman–Crippen LogP) is 4.21. The second-order valence-electron chi connectivity index (χ2n) is 6.75. The van der Waals surface area contributed by atoms with Crippen LogP contribution in [0.15, 0.2) is 42.6 Å². The zero-order chi connectivity index (χ0) is 17.2. The summed E-state index contributed by atoms with van der Waals surface area (Å²) in [6.07, 6.45) is 4.41. The molecule has 0 aliphatic carbocycles. The molecule has 4 nitrogen and oxygen atoms in total. The van der Waals surface area contributed by atoms with Gasteiger partial charge in [0.1, 0.15) is 0 Å². The first kappa shape index (κ1) is 16.0. The molecule has 25 heavy (non-hydrogen) atoms. The molecule has 0 N–H and O–H groups in total. The number of fused-ring (bicyclic) bond motifs is 1. The van der Waals surface area contributed by atoms with Crippen LogP contribution in [0.4, 0.5) is 0 Å². The van der Waals surface area contributed by atoms with Crippen molar-refractivity contribution in [2.24, 2.45) is 0 Å². The van der Waals surface area contributed by atoms with Gasteiger partial charge in [-0.05, 0) is 68.2 Å². The summed E-state index contributed by atoms with van der Waals surface area (Å²) in [4.78, 5) is 11.6. The van der Waals surface area contributed by atoms with Crippen LogP contribution in [0.2, 0.25) is 0 Å². The van der Waals surface area contributed by atoms with E-state index in [9.17, 15) is 0 Å². The average molecular weight is 333 g/mol. The molecular formula is C21H23N3O. The molecule has 4 heteroatoms. The van der Waals surface area contributed by atoms with Crippen LogP contribution in [0.3, 0.4) is 0 Å². The van der Waals surface area contributed by atoms with E-state index in [1.807, 2.05) is 12.1 Å². The molecule has 1 aromatic carbocycles. The van der Waals surface area contributed by atoms with Gasteiger partial charge in [0.2, 0.25) is 5.88 Å². The summed E-state index contributed by atoms with van der Waals surface area (Å²) >= 11 is 0. The molecule has 3 aromatic rings. The second-order valence-corrected chi connectivity index (χ2v) is 6.75. The van der Waals surface area contributed by atoms with Crippen LogP contribution in [0, 0.1) is 6.92 Å². The molecule has 0 spiro atoms. The van der Waals surface area contributed by atoms with Gasteiger partial charge in [0, 0.05) is 29.8 Å². The SMILES string of the molecule is COc1cc(-c2cc(C)c3cc(CN4CCCC4)ccc3n2)ccn1. The Labute approximate surface area is 148 Å². The van der Waals surface area contributed by atoms with E-state index in [2.05, 4.69) is 41.1 Å². The van der Waals surface area contributed by atoms with Gasteiger partial charge >= 0.3 is 0 Å². The van der Waals surface area contributed by atoms with Gasteiger partial charge < -0.3 is 4.74 Å². The Morgan fingerprint density at radius 1 is 1.08 bits per heavy atom. The summed E-state index contributed by atoms with van der Waals surface area (Å²) in [6.45, 7) is 5.64. The molecule has 0 radical (unpaired) electrons. The number of methoxy groups -OCH3 is 1. The Morgan fingerprint density at radius 2 is 1.92 bits per heavy atom. The van der Waals surface area contributed by atoms with Crippen LogP contribution in [0.1, 0.15) is 24.0 Å². The Morgan fingerprint density at radius 3 is 2.72 bits per heavy atom. The molecule has 1 aliphatic rings. The molecule has 0 unspecified atom stereocenters. The largest absolute Gasteiger partial charge is 0.481 e. The fraction of sp³-hybridized carbons (Fsp3) is 0.333. The number of likely N-dealkylation sites (tertiary alicyclic amines) is 1. The maximum atomic E-state index is 5.23. The third-order valence-electron chi connectivity index (χ3n) is 4.92. The summed E-state index contributed by atoms with van der Waals surface area (Å²) in [7, 11) is 1.63. The first-order valence-electron chi connectivity index (χ1n) is 8.86. The third-order valence-corrected chi connectivity index (χ3v) is 4.92. The van der Waals surface area contributed by atoms with Gasteiger partial charge in [-0.1, -0.05) is 6.07 Å². The fourth-order valence-electron chi connectivity index (χ4n) is 3.57. The maximum absolute atomic E-state index is 5.23.